The zero-order valence-electron chi connectivity index (χ0n) is 11.3. The molecule has 2 rings (SSSR count). The van der Waals surface area contributed by atoms with Gasteiger partial charge in [0.1, 0.15) is 5.75 Å². The van der Waals surface area contributed by atoms with Crippen LogP contribution in [0, 0.1) is 12.5 Å². The molecule has 0 aromatic heterocycles. The van der Waals surface area contributed by atoms with E-state index in [1.165, 1.54) is 0 Å². The molecule has 0 aliphatic rings. The quantitative estimate of drug-likeness (QED) is 0.702. The maximum Gasteiger partial charge on any atom is 0.187 e. The molecule has 0 saturated heterocycles. The van der Waals surface area contributed by atoms with Crippen LogP contribution in [0.2, 0.25) is 0 Å². The highest BCUT2D eigenvalue weighted by molar-refractivity contribution is 5.66. The molecule has 0 unspecified atom stereocenters. The Kier molecular flexibility index (Phi) is 4.20. The second kappa shape index (κ2) is 6.06. The highest BCUT2D eigenvalue weighted by atomic mass is 16.5. The van der Waals surface area contributed by atoms with Gasteiger partial charge in [-0.1, -0.05) is 50.2 Å². The first kappa shape index (κ1) is 13.2. The van der Waals surface area contributed by atoms with Crippen LogP contribution in [0.3, 0.4) is 0 Å². The predicted molar refractivity (Wildman–Crippen MR) is 78.5 cm³/mol. The maximum absolute atomic E-state index is 6.94. The fourth-order valence-electron chi connectivity index (χ4n) is 1.73. The third-order valence-electron chi connectivity index (χ3n) is 2.77. The van der Waals surface area contributed by atoms with E-state index >= 15 is 0 Å². The first-order chi connectivity index (χ1) is 9.19. The Morgan fingerprint density at radius 1 is 0.947 bits per heavy atom. The van der Waals surface area contributed by atoms with Crippen LogP contribution in [0.1, 0.15) is 13.8 Å². The van der Waals surface area contributed by atoms with Gasteiger partial charge in [-0.3, -0.25) is 0 Å². The summed E-state index contributed by atoms with van der Waals surface area (Å²) in [5, 5.41) is 0. The van der Waals surface area contributed by atoms with E-state index in [9.17, 15) is 0 Å². The fraction of sp³-hybridized carbons (Fsp3) is 0.235. The normalized spacial score (nSPS) is 10.2. The molecule has 2 heteroatoms. The van der Waals surface area contributed by atoms with Crippen LogP contribution >= 0.6 is 0 Å². The van der Waals surface area contributed by atoms with Crippen molar-refractivity contribution in [3.63, 3.8) is 0 Å². The van der Waals surface area contributed by atoms with Gasteiger partial charge in [-0.2, -0.15) is 0 Å². The molecule has 19 heavy (non-hydrogen) atoms. The van der Waals surface area contributed by atoms with Gasteiger partial charge in [-0.15, -0.1) is 0 Å². The zero-order chi connectivity index (χ0) is 13.7. The van der Waals surface area contributed by atoms with Crippen LogP contribution < -0.4 is 4.74 Å². The summed E-state index contributed by atoms with van der Waals surface area (Å²) in [5.41, 5.74) is 2.91. The molecule has 0 aliphatic carbocycles. The van der Waals surface area contributed by atoms with Gasteiger partial charge in [-0.25, -0.2) is 4.85 Å². The van der Waals surface area contributed by atoms with Crippen molar-refractivity contribution in [3.05, 3.63) is 59.9 Å². The molecular weight excluding hydrogens is 234 g/mol. The highest BCUT2D eigenvalue weighted by Crippen LogP contribution is 2.24. The Morgan fingerprint density at radius 2 is 1.47 bits per heavy atom. The van der Waals surface area contributed by atoms with Crippen LogP contribution in [0.5, 0.6) is 5.75 Å². The Hall–Kier alpha value is -2.27. The minimum atomic E-state index is 0.529. The van der Waals surface area contributed by atoms with Gasteiger partial charge < -0.3 is 4.74 Å². The van der Waals surface area contributed by atoms with Gasteiger partial charge >= 0.3 is 0 Å². The van der Waals surface area contributed by atoms with Crippen molar-refractivity contribution in [1.29, 1.82) is 0 Å². The molecule has 0 bridgehead atoms. The molecule has 0 N–H and O–H groups in total. The lowest BCUT2D eigenvalue weighted by molar-refractivity contribution is 0.271. The Morgan fingerprint density at radius 3 is 1.95 bits per heavy atom. The second-order valence-corrected chi connectivity index (χ2v) is 4.89. The van der Waals surface area contributed by atoms with Crippen molar-refractivity contribution >= 4 is 5.69 Å². The lowest BCUT2D eigenvalue weighted by Gasteiger charge is -2.09. The van der Waals surface area contributed by atoms with Gasteiger partial charge in [0.05, 0.1) is 13.2 Å². The molecule has 2 nitrogen and oxygen atoms in total. The third kappa shape index (κ3) is 3.59. The molecule has 0 aliphatic heterocycles. The molecular formula is C17H17NO. The van der Waals surface area contributed by atoms with E-state index in [4.69, 9.17) is 11.3 Å². The predicted octanol–water partition coefficient (Wildman–Crippen LogP) is 4.94. The van der Waals surface area contributed by atoms with Crippen molar-refractivity contribution in [1.82, 2.24) is 0 Å². The number of ether oxygens (including phenoxy) is 1. The summed E-state index contributed by atoms with van der Waals surface area (Å²) in [6, 6.07) is 15.7. The smallest absolute Gasteiger partial charge is 0.187 e. The summed E-state index contributed by atoms with van der Waals surface area (Å²) in [5.74, 6) is 1.43. The zero-order valence-corrected chi connectivity index (χ0v) is 11.3. The number of nitrogens with zero attached hydrogens (tertiary/aromatic N) is 1. The van der Waals surface area contributed by atoms with E-state index in [-0.39, 0.29) is 0 Å². The topological polar surface area (TPSA) is 13.6 Å². The number of rotatable bonds is 4. The van der Waals surface area contributed by atoms with Crippen LogP contribution in [0.25, 0.3) is 16.0 Å². The molecule has 0 saturated carbocycles. The summed E-state index contributed by atoms with van der Waals surface area (Å²) >= 11 is 0. The largest absolute Gasteiger partial charge is 0.493 e. The standard InChI is InChI=1S/C17H17NO/c1-13(2)12-19-17-10-6-15(7-11-17)14-4-8-16(18-3)9-5-14/h4-11,13H,12H2,1-2H3. The highest BCUT2D eigenvalue weighted by Gasteiger charge is 2.00. The van der Waals surface area contributed by atoms with Crippen molar-refractivity contribution in [2.24, 2.45) is 5.92 Å². The first-order valence-corrected chi connectivity index (χ1v) is 6.40. The lowest BCUT2D eigenvalue weighted by Crippen LogP contribution is -2.04. The summed E-state index contributed by atoms with van der Waals surface area (Å²) in [6.45, 7) is 11.9. The molecule has 0 amide bonds. The van der Waals surface area contributed by atoms with E-state index in [2.05, 4.69) is 18.7 Å². The third-order valence-corrected chi connectivity index (χ3v) is 2.77. The average molecular weight is 251 g/mol. The minimum absolute atomic E-state index is 0.529. The van der Waals surface area contributed by atoms with E-state index in [1.807, 2.05) is 48.5 Å². The second-order valence-electron chi connectivity index (χ2n) is 4.89. The van der Waals surface area contributed by atoms with E-state index in [0.717, 1.165) is 23.5 Å². The SMILES string of the molecule is [C-]#[N+]c1ccc(-c2ccc(OCC(C)C)cc2)cc1. The van der Waals surface area contributed by atoms with Crippen LogP contribution in [-0.4, -0.2) is 6.61 Å². The van der Waals surface area contributed by atoms with Crippen molar-refractivity contribution in [2.75, 3.05) is 6.61 Å². The monoisotopic (exact) mass is 251 g/mol. The van der Waals surface area contributed by atoms with Crippen LogP contribution in [-0.2, 0) is 0 Å². The van der Waals surface area contributed by atoms with Crippen molar-refractivity contribution in [2.45, 2.75) is 13.8 Å². The molecule has 0 radical (unpaired) electrons. The number of benzene rings is 2. The first-order valence-electron chi connectivity index (χ1n) is 6.40. The lowest BCUT2D eigenvalue weighted by atomic mass is 10.1. The maximum atomic E-state index is 6.94. The average Bonchev–Trinajstić information content (AvgIpc) is 2.46. The molecule has 0 heterocycles. The van der Waals surface area contributed by atoms with Gasteiger partial charge in [0.2, 0.25) is 0 Å². The van der Waals surface area contributed by atoms with Gasteiger partial charge in [0.15, 0.2) is 5.69 Å². The molecule has 2 aromatic rings. The Bertz CT molecular complexity index is 562. The molecule has 0 spiro atoms. The number of hydrogen-bond donors (Lipinski definition) is 0. The van der Waals surface area contributed by atoms with Crippen LogP contribution in [0.4, 0.5) is 5.69 Å². The Balaban J connectivity index is 2.11. The van der Waals surface area contributed by atoms with Crippen molar-refractivity contribution < 1.29 is 4.74 Å². The fourth-order valence-corrected chi connectivity index (χ4v) is 1.73. The van der Waals surface area contributed by atoms with Crippen molar-refractivity contribution in [3.8, 4) is 16.9 Å². The van der Waals surface area contributed by atoms with Gasteiger partial charge in [-0.05, 0) is 29.2 Å². The Labute approximate surface area is 114 Å². The minimum Gasteiger partial charge on any atom is -0.493 e. The summed E-state index contributed by atoms with van der Waals surface area (Å²) < 4.78 is 5.66. The summed E-state index contributed by atoms with van der Waals surface area (Å²) in [6.07, 6.45) is 0. The van der Waals surface area contributed by atoms with Gasteiger partial charge in [0, 0.05) is 0 Å². The summed E-state index contributed by atoms with van der Waals surface area (Å²) in [4.78, 5) is 3.39. The molecule has 0 atom stereocenters. The van der Waals surface area contributed by atoms with E-state index < -0.39 is 0 Å². The van der Waals surface area contributed by atoms with Gasteiger partial charge in [0.25, 0.3) is 0 Å². The van der Waals surface area contributed by atoms with E-state index in [1.54, 1.807) is 0 Å². The summed E-state index contributed by atoms with van der Waals surface area (Å²) in [7, 11) is 0. The molecule has 0 fully saturated rings. The van der Waals surface area contributed by atoms with Crippen LogP contribution in [0.15, 0.2) is 48.5 Å². The molecule has 96 valence electrons. The number of hydrogen-bond acceptors (Lipinski definition) is 1. The molecule has 2 aromatic carbocycles. The van der Waals surface area contributed by atoms with E-state index in [0.29, 0.717) is 11.6 Å².